The highest BCUT2D eigenvalue weighted by atomic mass is 16.4. The third kappa shape index (κ3) is 3.69. The van der Waals surface area contributed by atoms with Gasteiger partial charge in [-0.15, -0.1) is 0 Å². The van der Waals surface area contributed by atoms with Crippen molar-refractivity contribution in [3.05, 3.63) is 23.8 Å². The van der Waals surface area contributed by atoms with Crippen molar-refractivity contribution >= 4 is 11.9 Å². The molecule has 2 atom stereocenters. The maximum atomic E-state index is 12.1. The molecule has 0 aromatic carbocycles. The molecule has 0 bridgehead atoms. The highest BCUT2D eigenvalue weighted by Crippen LogP contribution is 2.26. The van der Waals surface area contributed by atoms with E-state index in [9.17, 15) is 9.59 Å². The van der Waals surface area contributed by atoms with Crippen molar-refractivity contribution in [2.24, 2.45) is 11.8 Å². The van der Waals surface area contributed by atoms with Gasteiger partial charge in [0.15, 0.2) is 0 Å². The summed E-state index contributed by atoms with van der Waals surface area (Å²) in [5.41, 5.74) is 1.42. The summed E-state index contributed by atoms with van der Waals surface area (Å²) >= 11 is 0. The fourth-order valence-corrected chi connectivity index (χ4v) is 2.82. The molecular formula is C15H21NO3. The van der Waals surface area contributed by atoms with Crippen LogP contribution in [0.5, 0.6) is 0 Å². The first kappa shape index (κ1) is 13.8. The van der Waals surface area contributed by atoms with Gasteiger partial charge in [-0.3, -0.25) is 9.59 Å². The Labute approximate surface area is 113 Å². The summed E-state index contributed by atoms with van der Waals surface area (Å²) in [4.78, 5) is 23.2. The first-order valence-corrected chi connectivity index (χ1v) is 7.02. The Bertz CT molecular complexity index is 412. The predicted octanol–water partition coefficient (Wildman–Crippen LogP) is 2.27. The van der Waals surface area contributed by atoms with Crippen LogP contribution in [0, 0.1) is 11.8 Å². The van der Waals surface area contributed by atoms with Gasteiger partial charge in [0, 0.05) is 6.54 Å². The molecule has 0 aromatic rings. The van der Waals surface area contributed by atoms with Gasteiger partial charge >= 0.3 is 5.97 Å². The zero-order chi connectivity index (χ0) is 13.7. The zero-order valence-corrected chi connectivity index (χ0v) is 11.1. The SMILES string of the molecule is O=C(O)C1CC=CCC1C(=O)NCCC1=CCCC1. The molecular weight excluding hydrogens is 242 g/mol. The minimum absolute atomic E-state index is 0.115. The van der Waals surface area contributed by atoms with E-state index < -0.39 is 17.8 Å². The molecule has 0 saturated carbocycles. The van der Waals surface area contributed by atoms with Crippen molar-refractivity contribution in [1.82, 2.24) is 5.32 Å². The van der Waals surface area contributed by atoms with E-state index in [4.69, 9.17) is 5.11 Å². The van der Waals surface area contributed by atoms with Crippen LogP contribution in [0.1, 0.15) is 38.5 Å². The molecule has 0 heterocycles. The van der Waals surface area contributed by atoms with Crippen LogP contribution < -0.4 is 5.32 Å². The summed E-state index contributed by atoms with van der Waals surface area (Å²) in [6, 6.07) is 0. The number of amides is 1. The number of nitrogens with one attached hydrogen (secondary N) is 1. The standard InChI is InChI=1S/C15H21NO3/c17-14(16-10-9-11-5-1-2-6-11)12-7-3-4-8-13(12)15(18)19/h3-5,12-13H,1-2,6-10H2,(H,16,17)(H,18,19). The van der Waals surface area contributed by atoms with Crippen molar-refractivity contribution < 1.29 is 14.7 Å². The number of carboxylic acid groups (broad SMARTS) is 1. The molecule has 19 heavy (non-hydrogen) atoms. The lowest BCUT2D eigenvalue weighted by molar-refractivity contribution is -0.147. The first-order valence-electron chi connectivity index (χ1n) is 7.02. The largest absolute Gasteiger partial charge is 0.481 e. The third-order valence-corrected chi connectivity index (χ3v) is 3.97. The van der Waals surface area contributed by atoms with E-state index in [0.29, 0.717) is 19.4 Å². The Morgan fingerprint density at radius 1 is 1.26 bits per heavy atom. The van der Waals surface area contributed by atoms with Gasteiger partial charge in [-0.1, -0.05) is 23.8 Å². The normalized spacial score (nSPS) is 26.0. The Morgan fingerprint density at radius 3 is 2.63 bits per heavy atom. The lowest BCUT2D eigenvalue weighted by atomic mass is 9.82. The quantitative estimate of drug-likeness (QED) is 0.748. The molecule has 1 amide bonds. The zero-order valence-electron chi connectivity index (χ0n) is 11.1. The van der Waals surface area contributed by atoms with Crippen molar-refractivity contribution in [2.45, 2.75) is 38.5 Å². The number of rotatable bonds is 5. The second-order valence-corrected chi connectivity index (χ2v) is 5.29. The number of aliphatic carboxylic acids is 1. The van der Waals surface area contributed by atoms with E-state index in [2.05, 4.69) is 11.4 Å². The summed E-state index contributed by atoms with van der Waals surface area (Å²) in [5.74, 6) is -1.98. The predicted molar refractivity (Wildman–Crippen MR) is 72.6 cm³/mol. The van der Waals surface area contributed by atoms with Crippen LogP contribution >= 0.6 is 0 Å². The van der Waals surface area contributed by atoms with Crippen molar-refractivity contribution in [3.8, 4) is 0 Å². The molecule has 104 valence electrons. The van der Waals surface area contributed by atoms with E-state index >= 15 is 0 Å². The monoisotopic (exact) mass is 263 g/mol. The molecule has 2 aliphatic rings. The number of allylic oxidation sites excluding steroid dienone is 3. The molecule has 0 radical (unpaired) electrons. The number of hydrogen-bond donors (Lipinski definition) is 2. The van der Waals surface area contributed by atoms with E-state index in [1.807, 2.05) is 12.2 Å². The van der Waals surface area contributed by atoms with Crippen LogP contribution in [0.3, 0.4) is 0 Å². The molecule has 2 unspecified atom stereocenters. The summed E-state index contributed by atoms with van der Waals surface area (Å²) in [5, 5.41) is 12.0. The number of carbonyl (C=O) groups is 2. The van der Waals surface area contributed by atoms with Crippen LogP contribution in [0.4, 0.5) is 0 Å². The Hall–Kier alpha value is -1.58. The van der Waals surface area contributed by atoms with E-state index in [-0.39, 0.29) is 5.91 Å². The minimum Gasteiger partial charge on any atom is -0.481 e. The molecule has 4 heteroatoms. The smallest absolute Gasteiger partial charge is 0.307 e. The summed E-state index contributed by atoms with van der Waals surface area (Å²) in [6.45, 7) is 0.622. The highest BCUT2D eigenvalue weighted by molar-refractivity contribution is 5.85. The van der Waals surface area contributed by atoms with Crippen LogP contribution in [0.2, 0.25) is 0 Å². The molecule has 0 aromatic heterocycles. The van der Waals surface area contributed by atoms with E-state index in [1.165, 1.54) is 12.0 Å². The average molecular weight is 263 g/mol. The number of carbonyl (C=O) groups excluding carboxylic acids is 1. The molecule has 2 rings (SSSR count). The fourth-order valence-electron chi connectivity index (χ4n) is 2.82. The Balaban J connectivity index is 1.81. The molecule has 4 nitrogen and oxygen atoms in total. The Morgan fingerprint density at radius 2 is 2.00 bits per heavy atom. The molecule has 2 N–H and O–H groups in total. The molecule has 2 aliphatic carbocycles. The maximum absolute atomic E-state index is 12.1. The van der Waals surface area contributed by atoms with Gasteiger partial charge in [0.1, 0.15) is 0 Å². The molecule has 0 saturated heterocycles. The van der Waals surface area contributed by atoms with Crippen LogP contribution in [0.15, 0.2) is 23.8 Å². The second kappa shape index (κ2) is 6.55. The molecule has 0 aliphatic heterocycles. The molecule has 0 spiro atoms. The van der Waals surface area contributed by atoms with Gasteiger partial charge in [0.25, 0.3) is 0 Å². The van der Waals surface area contributed by atoms with Crippen molar-refractivity contribution in [2.75, 3.05) is 6.54 Å². The number of carboxylic acids is 1. The lowest BCUT2D eigenvalue weighted by Gasteiger charge is -2.24. The van der Waals surface area contributed by atoms with Crippen LogP contribution in [-0.4, -0.2) is 23.5 Å². The lowest BCUT2D eigenvalue weighted by Crippen LogP contribution is -2.39. The summed E-state index contributed by atoms with van der Waals surface area (Å²) in [6.07, 6.45) is 11.4. The summed E-state index contributed by atoms with van der Waals surface area (Å²) in [7, 11) is 0. The van der Waals surface area contributed by atoms with Crippen LogP contribution in [-0.2, 0) is 9.59 Å². The van der Waals surface area contributed by atoms with E-state index in [1.54, 1.807) is 0 Å². The topological polar surface area (TPSA) is 66.4 Å². The van der Waals surface area contributed by atoms with Gasteiger partial charge in [-0.25, -0.2) is 0 Å². The van der Waals surface area contributed by atoms with Gasteiger partial charge in [-0.2, -0.15) is 0 Å². The van der Waals surface area contributed by atoms with Crippen LogP contribution in [0.25, 0.3) is 0 Å². The summed E-state index contributed by atoms with van der Waals surface area (Å²) < 4.78 is 0. The second-order valence-electron chi connectivity index (χ2n) is 5.29. The number of hydrogen-bond acceptors (Lipinski definition) is 2. The van der Waals surface area contributed by atoms with Gasteiger partial charge in [-0.05, 0) is 38.5 Å². The molecule has 0 fully saturated rings. The first-order chi connectivity index (χ1) is 9.18. The average Bonchev–Trinajstić information content (AvgIpc) is 2.91. The van der Waals surface area contributed by atoms with Crippen molar-refractivity contribution in [3.63, 3.8) is 0 Å². The van der Waals surface area contributed by atoms with Gasteiger partial charge in [0.05, 0.1) is 11.8 Å². The Kier molecular flexibility index (Phi) is 4.77. The highest BCUT2D eigenvalue weighted by Gasteiger charge is 2.33. The fraction of sp³-hybridized carbons (Fsp3) is 0.600. The van der Waals surface area contributed by atoms with E-state index in [0.717, 1.165) is 19.3 Å². The van der Waals surface area contributed by atoms with Gasteiger partial charge < -0.3 is 10.4 Å². The minimum atomic E-state index is -0.872. The third-order valence-electron chi connectivity index (χ3n) is 3.97. The maximum Gasteiger partial charge on any atom is 0.307 e. The van der Waals surface area contributed by atoms with Crippen molar-refractivity contribution in [1.29, 1.82) is 0 Å². The van der Waals surface area contributed by atoms with Gasteiger partial charge in [0.2, 0.25) is 5.91 Å².